The summed E-state index contributed by atoms with van der Waals surface area (Å²) in [5, 5.41) is 2.71. The van der Waals surface area contributed by atoms with Crippen molar-refractivity contribution in [2.45, 2.75) is 13.0 Å². The third-order valence-electron chi connectivity index (χ3n) is 2.93. The van der Waals surface area contributed by atoms with Crippen molar-refractivity contribution in [3.8, 4) is 5.75 Å². The molecule has 0 unspecified atom stereocenters. The number of amides is 1. The Balaban J connectivity index is 1.91. The lowest BCUT2D eigenvalue weighted by molar-refractivity contribution is -0.120. The van der Waals surface area contributed by atoms with Crippen LogP contribution < -0.4 is 10.1 Å². The first-order valence-electron chi connectivity index (χ1n) is 6.32. The average molecular weight is 273 g/mol. The first-order chi connectivity index (χ1) is 9.69. The van der Waals surface area contributed by atoms with Crippen LogP contribution in [0.1, 0.15) is 11.1 Å². The number of carbonyl (C=O) groups excluding carboxylic acids is 1. The topological polar surface area (TPSA) is 38.3 Å². The van der Waals surface area contributed by atoms with Crippen molar-refractivity contribution in [1.82, 2.24) is 5.32 Å². The molecule has 0 aliphatic heterocycles. The first kappa shape index (κ1) is 14.1. The lowest BCUT2D eigenvalue weighted by atomic mass is 10.1. The van der Waals surface area contributed by atoms with Gasteiger partial charge in [-0.05, 0) is 23.8 Å². The number of ether oxygens (including phenoxy) is 1. The second-order valence-corrected chi connectivity index (χ2v) is 4.40. The van der Waals surface area contributed by atoms with E-state index in [9.17, 15) is 9.18 Å². The highest BCUT2D eigenvalue weighted by Gasteiger charge is 2.06. The number of halogens is 1. The fourth-order valence-corrected chi connectivity index (χ4v) is 1.87. The van der Waals surface area contributed by atoms with Crippen LogP contribution in [0.3, 0.4) is 0 Å². The molecule has 0 atom stereocenters. The van der Waals surface area contributed by atoms with E-state index >= 15 is 0 Å². The van der Waals surface area contributed by atoms with Gasteiger partial charge in [0.1, 0.15) is 11.6 Å². The average Bonchev–Trinajstić information content (AvgIpc) is 2.46. The van der Waals surface area contributed by atoms with Crippen LogP contribution in [0.2, 0.25) is 0 Å². The van der Waals surface area contributed by atoms with E-state index in [-0.39, 0.29) is 24.7 Å². The number of nitrogens with one attached hydrogen (secondary N) is 1. The fourth-order valence-electron chi connectivity index (χ4n) is 1.87. The molecule has 0 fully saturated rings. The second kappa shape index (κ2) is 6.70. The van der Waals surface area contributed by atoms with Crippen molar-refractivity contribution >= 4 is 5.91 Å². The molecule has 2 aromatic rings. The Bertz CT molecular complexity index is 599. The van der Waals surface area contributed by atoms with Crippen molar-refractivity contribution in [1.29, 1.82) is 0 Å². The molecule has 20 heavy (non-hydrogen) atoms. The summed E-state index contributed by atoms with van der Waals surface area (Å²) in [6, 6.07) is 13.7. The molecular weight excluding hydrogens is 257 g/mol. The van der Waals surface area contributed by atoms with Gasteiger partial charge in [0.25, 0.3) is 0 Å². The zero-order chi connectivity index (χ0) is 14.4. The minimum atomic E-state index is -0.311. The standard InChI is InChI=1S/C16H16FNO2/c1-20-14-7-4-5-12(9-14)10-16(19)18-11-13-6-2-3-8-15(13)17/h2-9H,10-11H2,1H3,(H,18,19). The minimum Gasteiger partial charge on any atom is -0.497 e. The Labute approximate surface area is 117 Å². The molecule has 0 saturated heterocycles. The third-order valence-corrected chi connectivity index (χ3v) is 2.93. The Morgan fingerprint density at radius 1 is 1.20 bits per heavy atom. The summed E-state index contributed by atoms with van der Waals surface area (Å²) in [5.74, 6) is 0.250. The predicted octanol–water partition coefficient (Wildman–Crippen LogP) is 2.69. The molecule has 2 rings (SSSR count). The van der Waals surface area contributed by atoms with Gasteiger partial charge >= 0.3 is 0 Å². The Morgan fingerprint density at radius 3 is 2.75 bits per heavy atom. The maximum atomic E-state index is 13.4. The van der Waals surface area contributed by atoms with E-state index in [0.717, 1.165) is 5.56 Å². The molecule has 3 nitrogen and oxygen atoms in total. The van der Waals surface area contributed by atoms with Crippen molar-refractivity contribution in [2.24, 2.45) is 0 Å². The summed E-state index contributed by atoms with van der Waals surface area (Å²) in [6.07, 6.45) is 0.242. The second-order valence-electron chi connectivity index (χ2n) is 4.40. The van der Waals surface area contributed by atoms with Crippen molar-refractivity contribution in [2.75, 3.05) is 7.11 Å². The lowest BCUT2D eigenvalue weighted by Crippen LogP contribution is -2.25. The van der Waals surface area contributed by atoms with Gasteiger partial charge in [-0.2, -0.15) is 0 Å². The maximum absolute atomic E-state index is 13.4. The maximum Gasteiger partial charge on any atom is 0.224 e. The monoisotopic (exact) mass is 273 g/mol. The normalized spacial score (nSPS) is 10.1. The molecule has 0 bridgehead atoms. The molecule has 104 valence electrons. The number of hydrogen-bond acceptors (Lipinski definition) is 2. The summed E-state index contributed by atoms with van der Waals surface area (Å²) in [6.45, 7) is 0.190. The summed E-state index contributed by atoms with van der Waals surface area (Å²) in [5.41, 5.74) is 1.34. The van der Waals surface area contributed by atoms with Gasteiger partial charge in [0.2, 0.25) is 5.91 Å². The van der Waals surface area contributed by atoms with Gasteiger partial charge in [0.05, 0.1) is 13.5 Å². The molecule has 0 aliphatic rings. The molecule has 0 heterocycles. The van der Waals surface area contributed by atoms with Gasteiger partial charge in [0, 0.05) is 12.1 Å². The van der Waals surface area contributed by atoms with Crippen molar-refractivity contribution in [3.63, 3.8) is 0 Å². The van der Waals surface area contributed by atoms with E-state index in [1.165, 1.54) is 6.07 Å². The van der Waals surface area contributed by atoms with Crippen LogP contribution in [-0.4, -0.2) is 13.0 Å². The molecule has 0 saturated carbocycles. The van der Waals surface area contributed by atoms with E-state index in [1.54, 1.807) is 25.3 Å². The van der Waals surface area contributed by atoms with Gasteiger partial charge in [-0.25, -0.2) is 4.39 Å². The molecule has 1 amide bonds. The Kier molecular flexibility index (Phi) is 4.71. The van der Waals surface area contributed by atoms with Crippen LogP contribution in [0.4, 0.5) is 4.39 Å². The van der Waals surface area contributed by atoms with E-state index < -0.39 is 0 Å². The van der Waals surface area contributed by atoms with Crippen LogP contribution >= 0.6 is 0 Å². The number of benzene rings is 2. The molecule has 0 aliphatic carbocycles. The van der Waals surface area contributed by atoms with Gasteiger partial charge in [-0.1, -0.05) is 30.3 Å². The van der Waals surface area contributed by atoms with E-state index in [1.807, 2.05) is 24.3 Å². The molecule has 1 N–H and O–H groups in total. The number of rotatable bonds is 5. The third kappa shape index (κ3) is 3.82. The largest absolute Gasteiger partial charge is 0.497 e. The fraction of sp³-hybridized carbons (Fsp3) is 0.188. The van der Waals surface area contributed by atoms with Crippen LogP contribution in [-0.2, 0) is 17.8 Å². The lowest BCUT2D eigenvalue weighted by Gasteiger charge is -2.07. The van der Waals surface area contributed by atoms with Crippen LogP contribution in [0.25, 0.3) is 0 Å². The SMILES string of the molecule is COc1cccc(CC(=O)NCc2ccccc2F)c1. The van der Waals surface area contributed by atoms with E-state index in [2.05, 4.69) is 5.32 Å². The van der Waals surface area contributed by atoms with Crippen LogP contribution in [0.15, 0.2) is 48.5 Å². The molecule has 0 aromatic heterocycles. The van der Waals surface area contributed by atoms with Crippen molar-refractivity contribution < 1.29 is 13.9 Å². The highest BCUT2D eigenvalue weighted by molar-refractivity contribution is 5.78. The van der Waals surface area contributed by atoms with Crippen LogP contribution in [0.5, 0.6) is 5.75 Å². The van der Waals surface area contributed by atoms with E-state index in [4.69, 9.17) is 4.74 Å². The van der Waals surface area contributed by atoms with Crippen LogP contribution in [0, 0.1) is 5.82 Å². The number of hydrogen-bond donors (Lipinski definition) is 1. The highest BCUT2D eigenvalue weighted by Crippen LogP contribution is 2.13. The van der Waals surface area contributed by atoms with Crippen molar-refractivity contribution in [3.05, 3.63) is 65.5 Å². The molecule has 2 aromatic carbocycles. The molecular formula is C16H16FNO2. The Morgan fingerprint density at radius 2 is 2.00 bits per heavy atom. The zero-order valence-corrected chi connectivity index (χ0v) is 11.2. The molecule has 4 heteroatoms. The summed E-state index contributed by atoms with van der Waals surface area (Å²) in [4.78, 5) is 11.8. The summed E-state index contributed by atoms with van der Waals surface area (Å²) >= 11 is 0. The summed E-state index contributed by atoms with van der Waals surface area (Å²) < 4.78 is 18.5. The quantitative estimate of drug-likeness (QED) is 0.909. The number of carbonyl (C=O) groups is 1. The van der Waals surface area contributed by atoms with Gasteiger partial charge < -0.3 is 10.1 Å². The zero-order valence-electron chi connectivity index (χ0n) is 11.2. The summed E-state index contributed by atoms with van der Waals surface area (Å²) in [7, 11) is 1.58. The molecule has 0 spiro atoms. The van der Waals surface area contributed by atoms with Gasteiger partial charge in [-0.15, -0.1) is 0 Å². The van der Waals surface area contributed by atoms with Gasteiger partial charge in [0.15, 0.2) is 0 Å². The highest BCUT2D eigenvalue weighted by atomic mass is 19.1. The first-order valence-corrected chi connectivity index (χ1v) is 6.32. The minimum absolute atomic E-state index is 0.151. The van der Waals surface area contributed by atoms with E-state index in [0.29, 0.717) is 11.3 Å². The number of methoxy groups -OCH3 is 1. The predicted molar refractivity (Wildman–Crippen MR) is 74.9 cm³/mol. The van der Waals surface area contributed by atoms with Gasteiger partial charge in [-0.3, -0.25) is 4.79 Å². The smallest absolute Gasteiger partial charge is 0.224 e. The Hall–Kier alpha value is -2.36. The molecule has 0 radical (unpaired) electrons.